The topological polar surface area (TPSA) is 87.4 Å². The molecule has 126 valence electrons. The molecule has 7 nitrogen and oxygen atoms in total. The standard InChI is InChI=1S/C16H17N3O4S/c20-15(11-8-17-16(21)18-11)19-4-3-14(24-6-5-19)10-1-2-12-13(7-10)23-9-22-12/h1-2,7-8,14H,3-6,9H2,(H2,17,18,21). The van der Waals surface area contributed by atoms with Crippen molar-refractivity contribution in [3.63, 3.8) is 0 Å². The largest absolute Gasteiger partial charge is 0.454 e. The molecule has 1 fully saturated rings. The Balaban J connectivity index is 1.46. The summed E-state index contributed by atoms with van der Waals surface area (Å²) in [6.07, 6.45) is 2.28. The van der Waals surface area contributed by atoms with Crippen LogP contribution < -0.4 is 15.2 Å². The lowest BCUT2D eigenvalue weighted by Crippen LogP contribution is -2.33. The van der Waals surface area contributed by atoms with Crippen LogP contribution in [0.25, 0.3) is 0 Å². The molecule has 0 saturated carbocycles. The monoisotopic (exact) mass is 347 g/mol. The van der Waals surface area contributed by atoms with Gasteiger partial charge in [0.25, 0.3) is 5.91 Å². The minimum atomic E-state index is -0.360. The lowest BCUT2D eigenvalue weighted by atomic mass is 10.1. The van der Waals surface area contributed by atoms with E-state index in [-0.39, 0.29) is 18.4 Å². The maximum Gasteiger partial charge on any atom is 0.323 e. The van der Waals surface area contributed by atoms with Gasteiger partial charge < -0.3 is 24.3 Å². The first kappa shape index (κ1) is 15.2. The van der Waals surface area contributed by atoms with Crippen molar-refractivity contribution < 1.29 is 14.3 Å². The van der Waals surface area contributed by atoms with Gasteiger partial charge in [-0.1, -0.05) is 6.07 Å². The summed E-state index contributed by atoms with van der Waals surface area (Å²) in [4.78, 5) is 30.4. The maximum absolute atomic E-state index is 12.5. The molecule has 0 radical (unpaired) electrons. The Morgan fingerprint density at radius 3 is 2.96 bits per heavy atom. The van der Waals surface area contributed by atoms with Crippen molar-refractivity contribution >= 4 is 17.7 Å². The summed E-state index contributed by atoms with van der Waals surface area (Å²) in [5, 5.41) is 0.308. The summed E-state index contributed by atoms with van der Waals surface area (Å²) in [6, 6.07) is 6.03. The lowest BCUT2D eigenvalue weighted by Gasteiger charge is -2.19. The van der Waals surface area contributed by atoms with Gasteiger partial charge in [-0.3, -0.25) is 4.79 Å². The Bertz CT molecular complexity index is 816. The molecule has 0 bridgehead atoms. The van der Waals surface area contributed by atoms with Crippen LogP contribution in [0, 0.1) is 0 Å². The highest BCUT2D eigenvalue weighted by molar-refractivity contribution is 7.99. The first-order valence-electron chi connectivity index (χ1n) is 7.79. The minimum Gasteiger partial charge on any atom is -0.454 e. The van der Waals surface area contributed by atoms with Crippen molar-refractivity contribution in [2.45, 2.75) is 11.7 Å². The second kappa shape index (κ2) is 6.27. The first-order chi connectivity index (χ1) is 11.7. The molecule has 1 unspecified atom stereocenters. The van der Waals surface area contributed by atoms with E-state index >= 15 is 0 Å². The van der Waals surface area contributed by atoms with Gasteiger partial charge in [-0.25, -0.2) is 4.79 Å². The van der Waals surface area contributed by atoms with Crippen molar-refractivity contribution in [1.29, 1.82) is 0 Å². The molecule has 4 rings (SSSR count). The number of imidazole rings is 1. The molecular formula is C16H17N3O4S. The number of nitrogens with one attached hydrogen (secondary N) is 2. The van der Waals surface area contributed by atoms with Gasteiger partial charge in [-0.05, 0) is 24.1 Å². The van der Waals surface area contributed by atoms with Crippen molar-refractivity contribution in [3.8, 4) is 11.5 Å². The van der Waals surface area contributed by atoms with E-state index in [9.17, 15) is 9.59 Å². The van der Waals surface area contributed by atoms with Crippen LogP contribution in [-0.2, 0) is 0 Å². The van der Waals surface area contributed by atoms with Crippen LogP contribution in [0.5, 0.6) is 11.5 Å². The van der Waals surface area contributed by atoms with Gasteiger partial charge in [-0.15, -0.1) is 0 Å². The highest BCUT2D eigenvalue weighted by Crippen LogP contribution is 2.40. The zero-order chi connectivity index (χ0) is 16.5. The predicted octanol–water partition coefficient (Wildman–Crippen LogP) is 1.75. The fourth-order valence-corrected chi connectivity index (χ4v) is 4.19. The second-order valence-electron chi connectivity index (χ2n) is 5.71. The van der Waals surface area contributed by atoms with Gasteiger partial charge in [0.1, 0.15) is 5.69 Å². The van der Waals surface area contributed by atoms with Gasteiger partial charge in [-0.2, -0.15) is 11.8 Å². The predicted molar refractivity (Wildman–Crippen MR) is 89.7 cm³/mol. The van der Waals surface area contributed by atoms with Crippen LogP contribution in [0.15, 0.2) is 29.2 Å². The molecule has 0 aliphatic carbocycles. The summed E-state index contributed by atoms with van der Waals surface area (Å²) >= 11 is 1.83. The maximum atomic E-state index is 12.5. The van der Waals surface area contributed by atoms with Gasteiger partial charge >= 0.3 is 5.69 Å². The highest BCUT2D eigenvalue weighted by atomic mass is 32.2. The minimum absolute atomic E-state index is 0.139. The van der Waals surface area contributed by atoms with Crippen LogP contribution in [-0.4, -0.2) is 46.4 Å². The fraction of sp³-hybridized carbons (Fsp3) is 0.375. The quantitative estimate of drug-likeness (QED) is 0.864. The van der Waals surface area contributed by atoms with Crippen LogP contribution in [0.1, 0.15) is 27.7 Å². The van der Waals surface area contributed by atoms with Crippen molar-refractivity contribution in [1.82, 2.24) is 14.9 Å². The third-order valence-electron chi connectivity index (χ3n) is 4.22. The molecule has 2 aliphatic heterocycles. The Kier molecular flexibility index (Phi) is 3.97. The molecule has 1 atom stereocenters. The number of benzene rings is 1. The van der Waals surface area contributed by atoms with Crippen LogP contribution in [0.3, 0.4) is 0 Å². The smallest absolute Gasteiger partial charge is 0.323 e. The fourth-order valence-electron chi connectivity index (χ4n) is 2.97. The highest BCUT2D eigenvalue weighted by Gasteiger charge is 2.25. The molecule has 2 N–H and O–H groups in total. The zero-order valence-electron chi connectivity index (χ0n) is 12.9. The number of amides is 1. The number of hydrogen-bond donors (Lipinski definition) is 2. The number of rotatable bonds is 2. The Morgan fingerprint density at radius 2 is 2.12 bits per heavy atom. The van der Waals surface area contributed by atoms with E-state index < -0.39 is 0 Å². The number of hydrogen-bond acceptors (Lipinski definition) is 5. The number of thioether (sulfide) groups is 1. The molecular weight excluding hydrogens is 330 g/mol. The van der Waals surface area contributed by atoms with Crippen LogP contribution in [0.2, 0.25) is 0 Å². The summed E-state index contributed by atoms with van der Waals surface area (Å²) in [6.45, 7) is 1.59. The van der Waals surface area contributed by atoms with Crippen LogP contribution >= 0.6 is 11.8 Å². The van der Waals surface area contributed by atoms with E-state index in [1.165, 1.54) is 11.8 Å². The molecule has 1 amide bonds. The summed E-state index contributed by atoms with van der Waals surface area (Å²) in [5.74, 6) is 2.28. The zero-order valence-corrected chi connectivity index (χ0v) is 13.7. The number of carbonyl (C=O) groups is 1. The number of H-pyrrole nitrogens is 2. The number of carbonyl (C=O) groups excluding carboxylic acids is 1. The average molecular weight is 347 g/mol. The van der Waals surface area contributed by atoms with E-state index in [2.05, 4.69) is 16.0 Å². The molecule has 1 saturated heterocycles. The molecule has 0 spiro atoms. The van der Waals surface area contributed by atoms with E-state index in [0.717, 1.165) is 23.7 Å². The van der Waals surface area contributed by atoms with E-state index in [1.54, 1.807) is 4.90 Å². The van der Waals surface area contributed by atoms with Gasteiger partial charge in [0.05, 0.1) is 0 Å². The number of ether oxygens (including phenoxy) is 2. The molecule has 1 aromatic carbocycles. The third-order valence-corrected chi connectivity index (χ3v) is 5.55. The van der Waals surface area contributed by atoms with Gasteiger partial charge in [0.15, 0.2) is 11.5 Å². The van der Waals surface area contributed by atoms with Crippen molar-refractivity contribution in [2.75, 3.05) is 25.6 Å². The first-order valence-corrected chi connectivity index (χ1v) is 8.84. The number of fused-ring (bicyclic) bond motifs is 1. The second-order valence-corrected chi connectivity index (χ2v) is 7.02. The summed E-state index contributed by atoms with van der Waals surface area (Å²) in [7, 11) is 0. The van der Waals surface area contributed by atoms with E-state index in [1.807, 2.05) is 23.9 Å². The lowest BCUT2D eigenvalue weighted by molar-refractivity contribution is 0.0761. The molecule has 24 heavy (non-hydrogen) atoms. The summed E-state index contributed by atoms with van der Waals surface area (Å²) < 4.78 is 10.8. The Labute approximate surface area is 142 Å². The van der Waals surface area contributed by atoms with Crippen LogP contribution in [0.4, 0.5) is 0 Å². The molecule has 2 aromatic rings. The third kappa shape index (κ3) is 2.89. The van der Waals surface area contributed by atoms with Crippen molar-refractivity contribution in [2.24, 2.45) is 0 Å². The normalized spacial score (nSPS) is 20.0. The molecule has 1 aromatic heterocycles. The van der Waals surface area contributed by atoms with Gasteiger partial charge in [0, 0.05) is 30.3 Å². The van der Waals surface area contributed by atoms with E-state index in [0.29, 0.717) is 24.0 Å². The number of aromatic nitrogens is 2. The molecule has 3 heterocycles. The van der Waals surface area contributed by atoms with Gasteiger partial charge in [0.2, 0.25) is 6.79 Å². The SMILES string of the molecule is O=C(c1c[nH]c(=O)[nH]1)N1CCSC(c2ccc3c(c2)OCO3)CC1. The number of aromatic amines is 2. The number of nitrogens with zero attached hydrogens (tertiary/aromatic N) is 1. The van der Waals surface area contributed by atoms with E-state index in [4.69, 9.17) is 9.47 Å². The molecule has 8 heteroatoms. The Morgan fingerprint density at radius 1 is 1.25 bits per heavy atom. The summed E-state index contributed by atoms with van der Waals surface area (Å²) in [5.41, 5.74) is 1.14. The average Bonchev–Trinajstić information content (AvgIpc) is 3.16. The van der Waals surface area contributed by atoms with Crippen molar-refractivity contribution in [3.05, 3.63) is 46.1 Å². The Hall–Kier alpha value is -2.35. The molecule has 2 aliphatic rings.